The van der Waals surface area contributed by atoms with Gasteiger partial charge in [0.1, 0.15) is 0 Å². The molecule has 0 aromatic heterocycles. The summed E-state index contributed by atoms with van der Waals surface area (Å²) in [7, 11) is -9.17. The minimum absolute atomic E-state index is 0. The second-order valence-electron chi connectivity index (χ2n) is 1.35. The van der Waals surface area contributed by atoms with Crippen LogP contribution in [0, 0.1) is 0 Å². The zero-order chi connectivity index (χ0) is 14.3. The molecule has 0 atom stereocenters. The number of rotatable bonds is 0. The van der Waals surface area contributed by atoms with Crippen LogP contribution in [0.15, 0.2) is 0 Å². The van der Waals surface area contributed by atoms with E-state index in [1.807, 2.05) is 0 Å². The first-order valence-electron chi connectivity index (χ1n) is 3.05. The average molecular weight is 327 g/mol. The molecule has 0 fully saturated rings. The van der Waals surface area contributed by atoms with Crippen molar-refractivity contribution in [3.63, 3.8) is 0 Å². The topological polar surface area (TPSA) is 311 Å². The van der Waals surface area contributed by atoms with E-state index in [0.717, 1.165) is 0 Å². The van der Waals surface area contributed by atoms with Crippen LogP contribution < -0.4 is 69.2 Å². The van der Waals surface area contributed by atoms with Gasteiger partial charge in [-0.15, -0.1) is 0 Å². The monoisotopic (exact) mass is 328 g/mol. The zero-order valence-electron chi connectivity index (χ0n) is 10.6. The van der Waals surface area contributed by atoms with Crippen LogP contribution in [0.3, 0.4) is 0 Å². The van der Waals surface area contributed by atoms with E-state index < -0.39 is 29.3 Å². The molecule has 0 spiro atoms. The maximum atomic E-state index is 8.53. The van der Waals surface area contributed by atoms with Crippen molar-refractivity contribution in [3.8, 4) is 0 Å². The molecule has 0 saturated heterocycles. The third-order valence-corrected chi connectivity index (χ3v) is 0. The molecule has 14 N–H and O–H groups in total. The minimum Gasteiger partial charge on any atom is -0.871 e. The number of hydrogen-bond donors (Lipinski definition) is 10. The first-order valence-corrected chi connectivity index (χ1v) is 3.05. The van der Waals surface area contributed by atoms with Gasteiger partial charge in [-0.2, -0.15) is 0 Å². The van der Waals surface area contributed by atoms with Gasteiger partial charge in [0.25, 0.3) is 0 Å². The molecule has 20 heavy (non-hydrogen) atoms. The fourth-order valence-corrected chi connectivity index (χ4v) is 0. The van der Waals surface area contributed by atoms with Gasteiger partial charge in [0, 0.05) is 0 Å². The fourth-order valence-electron chi connectivity index (χ4n) is 0. The summed E-state index contributed by atoms with van der Waals surface area (Å²) < 4.78 is 0. The van der Waals surface area contributed by atoms with E-state index >= 15 is 0 Å². The molecule has 0 aromatic rings. The molecular weight excluding hydrogens is 313 g/mol. The summed E-state index contributed by atoms with van der Waals surface area (Å²) in [6.45, 7) is 0. The summed E-state index contributed by atoms with van der Waals surface area (Å²) >= 11 is 0. The summed E-state index contributed by atoms with van der Waals surface area (Å²) in [6, 6.07) is 0. The van der Waals surface area contributed by atoms with Gasteiger partial charge < -0.3 is 71.2 Å². The molecule has 0 rings (SSSR count). The van der Waals surface area contributed by atoms with Crippen molar-refractivity contribution in [2.45, 2.75) is 0 Å². The summed E-state index contributed by atoms with van der Waals surface area (Å²) in [6.07, 6.45) is 0. The molecule has 0 aliphatic heterocycles. The molecule has 0 heterocycles. The Morgan fingerprint density at radius 2 is 0.450 bits per heavy atom. The van der Waals surface area contributed by atoms with E-state index in [1.165, 1.54) is 0 Å². The van der Waals surface area contributed by atoms with Crippen molar-refractivity contribution in [2.75, 3.05) is 0 Å². The first kappa shape index (κ1) is 49.5. The van der Waals surface area contributed by atoms with Gasteiger partial charge in [-0.05, 0) is 0 Å². The van der Waals surface area contributed by atoms with E-state index in [1.54, 1.807) is 0 Å². The van der Waals surface area contributed by atoms with E-state index in [2.05, 4.69) is 0 Å². The molecule has 0 aliphatic rings. The van der Waals surface area contributed by atoms with Crippen molar-refractivity contribution >= 4 is 29.3 Å². The van der Waals surface area contributed by atoms with Gasteiger partial charge in [0.05, 0.1) is 7.32 Å². The van der Waals surface area contributed by atoms with E-state index in [9.17, 15) is 0 Å². The Labute approximate surface area is 158 Å². The molecule has 20 heteroatoms. The summed E-state index contributed by atoms with van der Waals surface area (Å²) in [5.74, 6) is 0. The van der Waals surface area contributed by atoms with Gasteiger partial charge >= 0.3 is 81.1 Å². The molecule has 0 radical (unpaired) electrons. The Kier molecular flexibility index (Phi) is 106. The predicted octanol–water partition coefficient (Wildman–Crippen LogP) is -17.1. The SMILES string of the molecule is O.O.OB(O)O.OB(O)O.OB(O)O.[Na+].[Na+].[O-]B([O-])O. The third-order valence-electron chi connectivity index (χ3n) is 0. The van der Waals surface area contributed by atoms with Crippen LogP contribution in [0.2, 0.25) is 0 Å². The minimum atomic E-state index is -2.67. The van der Waals surface area contributed by atoms with Crippen LogP contribution in [0.25, 0.3) is 0 Å². The smallest absolute Gasteiger partial charge is 0.871 e. The van der Waals surface area contributed by atoms with Crippen LogP contribution in [-0.2, 0) is 0 Å². The molecule has 0 amide bonds. The Bertz CT molecular complexity index is 66.2. The average Bonchev–Trinajstić information content (AvgIpc) is 1.76. The molecule has 0 unspecified atom stereocenters. The quantitative estimate of drug-likeness (QED) is 0.185. The van der Waals surface area contributed by atoms with Crippen molar-refractivity contribution in [3.05, 3.63) is 0 Å². The fraction of sp³-hybridized carbons (Fsp3) is 0. The van der Waals surface area contributed by atoms with Gasteiger partial charge in [-0.1, -0.05) is 0 Å². The van der Waals surface area contributed by atoms with E-state index in [4.69, 9.17) is 60.3 Å². The Morgan fingerprint density at radius 3 is 0.450 bits per heavy atom. The van der Waals surface area contributed by atoms with Crippen LogP contribution >= 0.6 is 0 Å². The van der Waals surface area contributed by atoms with E-state index in [0.29, 0.717) is 0 Å². The molecule has 0 aromatic carbocycles. The van der Waals surface area contributed by atoms with Crippen LogP contribution in [0.1, 0.15) is 0 Å². The Morgan fingerprint density at radius 1 is 0.450 bits per heavy atom. The largest absolute Gasteiger partial charge is 1.00 e. The van der Waals surface area contributed by atoms with Crippen molar-refractivity contribution in [1.82, 2.24) is 0 Å². The summed E-state index contributed by atoms with van der Waals surface area (Å²) in [5.41, 5.74) is 0. The third kappa shape index (κ3) is 2380. The predicted molar refractivity (Wildman–Crippen MR) is 52.4 cm³/mol. The standard InChI is InChI=1S/3BH3O3.BHO3.2Na.2H2O/c4*2-1(3)4;;;;/h3*2-4H;2H;;;2*1H2/q;;;-2;2*+1;;. The van der Waals surface area contributed by atoms with Crippen LogP contribution in [0.4, 0.5) is 0 Å². The van der Waals surface area contributed by atoms with Gasteiger partial charge in [0.2, 0.25) is 0 Å². The summed E-state index contributed by atoms with van der Waals surface area (Å²) in [4.78, 5) is 0. The van der Waals surface area contributed by atoms with Crippen LogP contribution in [-0.4, -0.2) is 90.5 Å². The van der Waals surface area contributed by atoms with Crippen molar-refractivity contribution in [2.24, 2.45) is 0 Å². The maximum Gasteiger partial charge on any atom is 1.00 e. The molecular formula is H14B4Na2O14. The van der Waals surface area contributed by atoms with Gasteiger partial charge in [0.15, 0.2) is 0 Å². The van der Waals surface area contributed by atoms with Crippen LogP contribution in [0.5, 0.6) is 0 Å². The molecule has 0 saturated carbocycles. The first-order chi connectivity index (χ1) is 6.93. The normalized spacial score (nSPS) is 5.40. The van der Waals surface area contributed by atoms with Gasteiger partial charge in [-0.25, -0.2) is 0 Å². The molecule has 14 nitrogen and oxygen atoms in total. The Hall–Kier alpha value is 1.70. The zero-order valence-corrected chi connectivity index (χ0v) is 14.6. The Balaban J connectivity index is -0.0000000150. The van der Waals surface area contributed by atoms with Crippen molar-refractivity contribution < 1.29 is 130 Å². The van der Waals surface area contributed by atoms with Crippen molar-refractivity contribution in [1.29, 1.82) is 0 Å². The second kappa shape index (κ2) is 42.8. The molecule has 0 bridgehead atoms. The van der Waals surface area contributed by atoms with E-state index in [-0.39, 0.29) is 70.1 Å². The maximum absolute atomic E-state index is 8.53. The number of hydrogen-bond acceptors (Lipinski definition) is 12. The molecule has 112 valence electrons. The molecule has 0 aliphatic carbocycles. The van der Waals surface area contributed by atoms with Gasteiger partial charge in [-0.3, -0.25) is 0 Å². The summed E-state index contributed by atoms with van der Waals surface area (Å²) in [5, 5.41) is 88.5. The second-order valence-corrected chi connectivity index (χ2v) is 1.35.